The summed E-state index contributed by atoms with van der Waals surface area (Å²) in [5.74, 6) is 0.611. The van der Waals surface area contributed by atoms with Crippen molar-refractivity contribution in [1.29, 1.82) is 0 Å². The topological polar surface area (TPSA) is 68.3 Å². The summed E-state index contributed by atoms with van der Waals surface area (Å²) in [5.41, 5.74) is 4.87. The predicted molar refractivity (Wildman–Crippen MR) is 116 cm³/mol. The van der Waals surface area contributed by atoms with Gasteiger partial charge in [0.05, 0.1) is 0 Å². The molecule has 1 N–H and O–H groups in total. The van der Waals surface area contributed by atoms with Crippen molar-refractivity contribution in [3.8, 4) is 5.75 Å². The van der Waals surface area contributed by atoms with Crippen LogP contribution >= 0.6 is 0 Å². The highest BCUT2D eigenvalue weighted by atomic mass is 16.5. The van der Waals surface area contributed by atoms with Gasteiger partial charge in [0, 0.05) is 42.9 Å². The second-order valence-electron chi connectivity index (χ2n) is 7.29. The van der Waals surface area contributed by atoms with Crippen molar-refractivity contribution < 1.29 is 14.3 Å². The highest BCUT2D eigenvalue weighted by molar-refractivity contribution is 5.98. The zero-order valence-corrected chi connectivity index (χ0v) is 17.4. The van der Waals surface area contributed by atoms with Crippen LogP contribution in [0.3, 0.4) is 0 Å². The number of pyridine rings is 1. The molecule has 3 rings (SSSR count). The minimum absolute atomic E-state index is 0.0108. The van der Waals surface area contributed by atoms with E-state index in [1.807, 2.05) is 68.4 Å². The number of Topliss-reactive ketones (excluding diaryl/α,β-unsaturated/α-hetero) is 1. The summed E-state index contributed by atoms with van der Waals surface area (Å²) in [6, 6.07) is 17.1. The maximum absolute atomic E-state index is 12.3. The minimum Gasteiger partial charge on any atom is -0.489 e. The molecule has 154 valence electrons. The number of aromatic nitrogens is 1. The first-order valence-corrected chi connectivity index (χ1v) is 9.99. The van der Waals surface area contributed by atoms with Gasteiger partial charge in [-0.2, -0.15) is 0 Å². The van der Waals surface area contributed by atoms with Crippen LogP contribution in [0, 0.1) is 13.8 Å². The predicted octanol–water partition coefficient (Wildman–Crippen LogP) is 4.56. The molecule has 1 heterocycles. The number of carbonyl (C=O) groups excluding carboxylic acids is 2. The fourth-order valence-electron chi connectivity index (χ4n) is 2.93. The Kier molecular flexibility index (Phi) is 7.33. The highest BCUT2D eigenvalue weighted by Crippen LogP contribution is 2.15. The quantitative estimate of drug-likeness (QED) is 0.533. The average Bonchev–Trinajstić information content (AvgIpc) is 2.78. The Morgan fingerprint density at radius 1 is 0.933 bits per heavy atom. The molecule has 0 aliphatic rings. The molecule has 2 aromatic carbocycles. The Morgan fingerprint density at radius 3 is 2.43 bits per heavy atom. The molecule has 0 saturated carbocycles. The van der Waals surface area contributed by atoms with Gasteiger partial charge in [0.25, 0.3) is 0 Å². The summed E-state index contributed by atoms with van der Waals surface area (Å²) in [4.78, 5) is 28.5. The molecule has 5 heteroatoms. The van der Waals surface area contributed by atoms with Crippen LogP contribution in [-0.2, 0) is 17.9 Å². The molecule has 1 aromatic heterocycles. The molecule has 0 aliphatic carbocycles. The molecule has 30 heavy (non-hydrogen) atoms. The molecule has 0 aliphatic heterocycles. The third-order valence-corrected chi connectivity index (χ3v) is 4.95. The Morgan fingerprint density at radius 2 is 1.73 bits per heavy atom. The molecular formula is C25H26N2O3. The van der Waals surface area contributed by atoms with Crippen LogP contribution in [-0.4, -0.2) is 16.7 Å². The number of ether oxygens (including phenoxy) is 1. The summed E-state index contributed by atoms with van der Waals surface area (Å²) in [5, 5.41) is 2.86. The van der Waals surface area contributed by atoms with Gasteiger partial charge in [0.15, 0.2) is 5.78 Å². The van der Waals surface area contributed by atoms with Crippen LogP contribution in [0.15, 0.2) is 67.0 Å². The van der Waals surface area contributed by atoms with Gasteiger partial charge in [0.1, 0.15) is 12.4 Å². The zero-order chi connectivity index (χ0) is 21.3. The number of carbonyl (C=O) groups is 2. The Hall–Kier alpha value is -3.47. The molecule has 0 fully saturated rings. The largest absolute Gasteiger partial charge is 0.489 e. The minimum atomic E-state index is -0.135. The fourth-order valence-corrected chi connectivity index (χ4v) is 2.93. The molecule has 0 atom stereocenters. The lowest BCUT2D eigenvalue weighted by molar-refractivity contribution is -0.121. The summed E-state index contributed by atoms with van der Waals surface area (Å²) in [6.45, 7) is 4.86. The molecular weight excluding hydrogens is 376 g/mol. The fraction of sp³-hybridized carbons (Fsp3) is 0.240. The van der Waals surface area contributed by atoms with Gasteiger partial charge in [-0.1, -0.05) is 30.3 Å². The normalized spacial score (nSPS) is 10.5. The van der Waals surface area contributed by atoms with Crippen molar-refractivity contribution in [2.24, 2.45) is 0 Å². The number of benzene rings is 2. The first kappa shape index (κ1) is 21.2. The molecule has 0 unspecified atom stereocenters. The summed E-state index contributed by atoms with van der Waals surface area (Å²) in [6.07, 6.45) is 3.88. The summed E-state index contributed by atoms with van der Waals surface area (Å²) >= 11 is 0. The van der Waals surface area contributed by atoms with E-state index in [0.717, 1.165) is 28.0 Å². The van der Waals surface area contributed by atoms with E-state index in [4.69, 9.17) is 4.74 Å². The number of aryl methyl sites for hydroxylation is 2. The number of ketones is 1. The lowest BCUT2D eigenvalue weighted by Crippen LogP contribution is -2.23. The Labute approximate surface area is 177 Å². The van der Waals surface area contributed by atoms with Crippen molar-refractivity contribution in [3.05, 3.63) is 94.8 Å². The first-order chi connectivity index (χ1) is 14.5. The number of nitrogens with zero attached hydrogens (tertiary/aromatic N) is 1. The van der Waals surface area contributed by atoms with Crippen LogP contribution < -0.4 is 10.1 Å². The molecule has 0 saturated heterocycles. The standard InChI is InChI=1S/C25H26N2O3/c1-18-5-8-22(14-19(18)2)24(28)11-12-25(29)27-16-20-6-9-23(10-7-20)30-17-21-4-3-13-26-15-21/h3-10,13-15H,11-12,16-17H2,1-2H3,(H,27,29). The third kappa shape index (κ3) is 6.27. The van der Waals surface area contributed by atoms with Crippen LogP contribution in [0.5, 0.6) is 5.75 Å². The van der Waals surface area contributed by atoms with Gasteiger partial charge in [-0.3, -0.25) is 14.6 Å². The first-order valence-electron chi connectivity index (χ1n) is 9.99. The van der Waals surface area contributed by atoms with Gasteiger partial charge in [0.2, 0.25) is 5.91 Å². The highest BCUT2D eigenvalue weighted by Gasteiger charge is 2.10. The Bertz CT molecular complexity index is 999. The number of nitrogens with one attached hydrogen (secondary N) is 1. The second-order valence-corrected chi connectivity index (χ2v) is 7.29. The van der Waals surface area contributed by atoms with Crippen LogP contribution in [0.4, 0.5) is 0 Å². The van der Waals surface area contributed by atoms with Gasteiger partial charge < -0.3 is 10.1 Å². The average molecular weight is 402 g/mol. The molecule has 0 radical (unpaired) electrons. The molecule has 5 nitrogen and oxygen atoms in total. The third-order valence-electron chi connectivity index (χ3n) is 4.95. The van der Waals surface area contributed by atoms with Gasteiger partial charge in [-0.05, 0) is 54.8 Å². The van der Waals surface area contributed by atoms with Crippen molar-refractivity contribution in [2.45, 2.75) is 39.8 Å². The van der Waals surface area contributed by atoms with E-state index < -0.39 is 0 Å². The smallest absolute Gasteiger partial charge is 0.220 e. The zero-order valence-electron chi connectivity index (χ0n) is 17.4. The van der Waals surface area contributed by atoms with Crippen LogP contribution in [0.2, 0.25) is 0 Å². The van der Waals surface area contributed by atoms with E-state index in [9.17, 15) is 9.59 Å². The SMILES string of the molecule is Cc1ccc(C(=O)CCC(=O)NCc2ccc(OCc3cccnc3)cc2)cc1C. The van der Waals surface area contributed by atoms with Crippen molar-refractivity contribution in [1.82, 2.24) is 10.3 Å². The van der Waals surface area contributed by atoms with Gasteiger partial charge in [-0.25, -0.2) is 0 Å². The van der Waals surface area contributed by atoms with E-state index in [-0.39, 0.29) is 24.5 Å². The molecule has 1 amide bonds. The van der Waals surface area contributed by atoms with Crippen LogP contribution in [0.25, 0.3) is 0 Å². The maximum atomic E-state index is 12.3. The number of hydrogen-bond acceptors (Lipinski definition) is 4. The lowest BCUT2D eigenvalue weighted by atomic mass is 10.0. The van der Waals surface area contributed by atoms with E-state index in [0.29, 0.717) is 18.7 Å². The van der Waals surface area contributed by atoms with Gasteiger partial charge >= 0.3 is 0 Å². The van der Waals surface area contributed by atoms with Crippen molar-refractivity contribution in [2.75, 3.05) is 0 Å². The number of hydrogen-bond donors (Lipinski definition) is 1. The van der Waals surface area contributed by atoms with E-state index in [1.165, 1.54) is 0 Å². The van der Waals surface area contributed by atoms with Gasteiger partial charge in [-0.15, -0.1) is 0 Å². The number of amides is 1. The van der Waals surface area contributed by atoms with Crippen LogP contribution in [0.1, 0.15) is 45.5 Å². The molecule has 0 bridgehead atoms. The number of rotatable bonds is 9. The van der Waals surface area contributed by atoms with E-state index in [1.54, 1.807) is 12.4 Å². The molecule has 3 aromatic rings. The van der Waals surface area contributed by atoms with Crippen molar-refractivity contribution >= 4 is 11.7 Å². The van der Waals surface area contributed by atoms with E-state index >= 15 is 0 Å². The Balaban J connectivity index is 1.40. The van der Waals surface area contributed by atoms with Crippen molar-refractivity contribution in [3.63, 3.8) is 0 Å². The summed E-state index contributed by atoms with van der Waals surface area (Å²) < 4.78 is 5.73. The summed E-state index contributed by atoms with van der Waals surface area (Å²) in [7, 11) is 0. The molecule has 0 spiro atoms. The van der Waals surface area contributed by atoms with E-state index in [2.05, 4.69) is 10.3 Å². The second kappa shape index (κ2) is 10.3. The maximum Gasteiger partial charge on any atom is 0.220 e. The monoisotopic (exact) mass is 402 g/mol. The lowest BCUT2D eigenvalue weighted by Gasteiger charge is -2.08.